The van der Waals surface area contributed by atoms with E-state index in [0.717, 1.165) is 51.6 Å². The number of hydrogen-bond acceptors (Lipinski definition) is 4. The molecule has 1 saturated carbocycles. The molecule has 4 nitrogen and oxygen atoms in total. The van der Waals surface area contributed by atoms with Gasteiger partial charge >= 0.3 is 0 Å². The Kier molecular flexibility index (Phi) is 10.5. The second-order valence-electron chi connectivity index (χ2n) is 9.45. The van der Waals surface area contributed by atoms with Crippen molar-refractivity contribution in [1.29, 1.82) is 0 Å². The zero-order valence-electron chi connectivity index (χ0n) is 18.9. The number of ether oxygens (including phenoxy) is 4. The Balaban J connectivity index is 1.25. The Bertz CT molecular complexity index is 442. The van der Waals surface area contributed by atoms with Crippen LogP contribution in [0.25, 0.3) is 0 Å². The zero-order chi connectivity index (χ0) is 20.3. The standard InChI is InChI=1S/C25H44O4/c1-3-5-7-9-20-10-13-23(14-11-20)25-28-18-22(19-29-25)12-15-24-26-16-21(17-27-24)8-6-4-2/h6,8,20-25H,3-5,7,9-19H2,1-2H3/b8-6+/t20?,21-,22-,23?,24-,25-. The fraction of sp³-hybridized carbons (Fsp3) is 0.920. The quantitative estimate of drug-likeness (QED) is 0.323. The maximum Gasteiger partial charge on any atom is 0.160 e. The topological polar surface area (TPSA) is 36.9 Å². The van der Waals surface area contributed by atoms with Gasteiger partial charge in [0.2, 0.25) is 0 Å². The summed E-state index contributed by atoms with van der Waals surface area (Å²) in [6.45, 7) is 7.66. The second kappa shape index (κ2) is 13.1. The van der Waals surface area contributed by atoms with Crippen LogP contribution in [0, 0.1) is 23.7 Å². The lowest BCUT2D eigenvalue weighted by molar-refractivity contribution is -0.235. The molecule has 0 atom stereocenters. The van der Waals surface area contributed by atoms with E-state index in [0.29, 0.717) is 17.8 Å². The molecule has 29 heavy (non-hydrogen) atoms. The van der Waals surface area contributed by atoms with Gasteiger partial charge in [0.1, 0.15) is 0 Å². The van der Waals surface area contributed by atoms with E-state index in [4.69, 9.17) is 18.9 Å². The average molecular weight is 409 g/mol. The number of hydrogen-bond donors (Lipinski definition) is 0. The molecular weight excluding hydrogens is 364 g/mol. The summed E-state index contributed by atoms with van der Waals surface area (Å²) in [5, 5.41) is 0. The molecule has 3 rings (SSSR count). The molecule has 2 saturated heterocycles. The van der Waals surface area contributed by atoms with Crippen LogP contribution < -0.4 is 0 Å². The van der Waals surface area contributed by atoms with Gasteiger partial charge in [-0.1, -0.05) is 51.7 Å². The molecular formula is C25H44O4. The van der Waals surface area contributed by atoms with Crippen molar-refractivity contribution in [1.82, 2.24) is 0 Å². The van der Waals surface area contributed by atoms with Crippen molar-refractivity contribution < 1.29 is 18.9 Å². The molecule has 0 bridgehead atoms. The first-order chi connectivity index (χ1) is 14.3. The van der Waals surface area contributed by atoms with Crippen molar-refractivity contribution in [3.05, 3.63) is 12.2 Å². The monoisotopic (exact) mass is 408 g/mol. The van der Waals surface area contributed by atoms with Gasteiger partial charge in [0, 0.05) is 17.8 Å². The van der Waals surface area contributed by atoms with Gasteiger partial charge in [-0.05, 0) is 50.9 Å². The molecule has 3 fully saturated rings. The Morgan fingerprint density at radius 3 is 2.10 bits per heavy atom. The zero-order valence-corrected chi connectivity index (χ0v) is 18.9. The van der Waals surface area contributed by atoms with Crippen molar-refractivity contribution in [3.63, 3.8) is 0 Å². The summed E-state index contributed by atoms with van der Waals surface area (Å²) in [5.74, 6) is 2.44. The Morgan fingerprint density at radius 2 is 1.45 bits per heavy atom. The molecule has 0 amide bonds. The van der Waals surface area contributed by atoms with Crippen molar-refractivity contribution in [3.8, 4) is 0 Å². The predicted molar refractivity (Wildman–Crippen MR) is 117 cm³/mol. The van der Waals surface area contributed by atoms with Crippen LogP contribution in [0.3, 0.4) is 0 Å². The smallest absolute Gasteiger partial charge is 0.160 e. The molecule has 2 aliphatic heterocycles. The maximum atomic E-state index is 6.15. The van der Waals surface area contributed by atoms with E-state index in [2.05, 4.69) is 26.0 Å². The van der Waals surface area contributed by atoms with E-state index in [9.17, 15) is 0 Å². The van der Waals surface area contributed by atoms with Crippen molar-refractivity contribution in [2.75, 3.05) is 26.4 Å². The van der Waals surface area contributed by atoms with Crippen molar-refractivity contribution >= 4 is 0 Å². The van der Waals surface area contributed by atoms with Gasteiger partial charge in [0.25, 0.3) is 0 Å². The fourth-order valence-corrected chi connectivity index (χ4v) is 4.97. The van der Waals surface area contributed by atoms with Crippen LogP contribution in [-0.4, -0.2) is 39.0 Å². The molecule has 0 radical (unpaired) electrons. The van der Waals surface area contributed by atoms with Crippen LogP contribution >= 0.6 is 0 Å². The summed E-state index contributed by atoms with van der Waals surface area (Å²) in [6, 6.07) is 0. The first kappa shape index (κ1) is 23.2. The van der Waals surface area contributed by atoms with E-state index < -0.39 is 0 Å². The van der Waals surface area contributed by atoms with E-state index in [1.165, 1.54) is 51.4 Å². The van der Waals surface area contributed by atoms with Crippen LogP contribution in [0.15, 0.2) is 12.2 Å². The van der Waals surface area contributed by atoms with Gasteiger partial charge in [0.05, 0.1) is 26.4 Å². The third-order valence-corrected chi connectivity index (χ3v) is 6.93. The van der Waals surface area contributed by atoms with Gasteiger partial charge in [0.15, 0.2) is 12.6 Å². The molecule has 0 aromatic rings. The van der Waals surface area contributed by atoms with Crippen LogP contribution in [0.4, 0.5) is 0 Å². The fourth-order valence-electron chi connectivity index (χ4n) is 4.97. The molecule has 4 heteroatoms. The largest absolute Gasteiger partial charge is 0.352 e. The Morgan fingerprint density at radius 1 is 0.724 bits per heavy atom. The minimum absolute atomic E-state index is 0.0381. The summed E-state index contributed by atoms with van der Waals surface area (Å²) < 4.78 is 24.1. The molecule has 0 aromatic carbocycles. The van der Waals surface area contributed by atoms with E-state index >= 15 is 0 Å². The van der Waals surface area contributed by atoms with Crippen LogP contribution in [0.1, 0.15) is 84.5 Å². The Hall–Kier alpha value is -0.420. The second-order valence-corrected chi connectivity index (χ2v) is 9.45. The highest BCUT2D eigenvalue weighted by molar-refractivity contribution is 4.88. The molecule has 0 unspecified atom stereocenters. The first-order valence-corrected chi connectivity index (χ1v) is 12.4. The average Bonchev–Trinajstić information content (AvgIpc) is 2.78. The lowest BCUT2D eigenvalue weighted by atomic mass is 9.79. The van der Waals surface area contributed by atoms with Gasteiger partial charge in [-0.3, -0.25) is 0 Å². The van der Waals surface area contributed by atoms with Gasteiger partial charge in [-0.2, -0.15) is 0 Å². The van der Waals surface area contributed by atoms with Crippen molar-refractivity contribution in [2.45, 2.75) is 97.1 Å². The van der Waals surface area contributed by atoms with E-state index in [1.54, 1.807) is 0 Å². The molecule has 1 aliphatic carbocycles. The number of unbranched alkanes of at least 4 members (excludes halogenated alkanes) is 2. The summed E-state index contributed by atoms with van der Waals surface area (Å²) in [5.41, 5.74) is 0. The molecule has 0 N–H and O–H groups in total. The highest BCUT2D eigenvalue weighted by atomic mass is 16.7. The molecule has 168 valence electrons. The SMILES string of the molecule is CC/C=C/[C@H]1CO[C@H](CC[C@H]2CO[C@H](C3CCC(CCCCC)CC3)OC2)OC1. The first-order valence-electron chi connectivity index (χ1n) is 12.4. The number of rotatable bonds is 10. The normalized spacial score (nSPS) is 36.5. The van der Waals surface area contributed by atoms with E-state index in [1.807, 2.05) is 0 Å². The van der Waals surface area contributed by atoms with Gasteiger partial charge in [-0.15, -0.1) is 0 Å². The third-order valence-electron chi connectivity index (χ3n) is 6.93. The lowest BCUT2D eigenvalue weighted by Gasteiger charge is -2.38. The minimum Gasteiger partial charge on any atom is -0.352 e. The third kappa shape index (κ3) is 7.97. The summed E-state index contributed by atoms with van der Waals surface area (Å²) in [4.78, 5) is 0. The Labute approximate surface area is 178 Å². The highest BCUT2D eigenvalue weighted by Crippen LogP contribution is 2.36. The van der Waals surface area contributed by atoms with Crippen LogP contribution in [0.2, 0.25) is 0 Å². The van der Waals surface area contributed by atoms with Gasteiger partial charge < -0.3 is 18.9 Å². The molecule has 2 heterocycles. The predicted octanol–water partition coefficient (Wildman–Crippen LogP) is 6.10. The summed E-state index contributed by atoms with van der Waals surface area (Å²) >= 11 is 0. The summed E-state index contributed by atoms with van der Waals surface area (Å²) in [6.07, 6.45) is 18.3. The van der Waals surface area contributed by atoms with Crippen LogP contribution in [-0.2, 0) is 18.9 Å². The van der Waals surface area contributed by atoms with E-state index in [-0.39, 0.29) is 12.6 Å². The maximum absolute atomic E-state index is 6.15. The van der Waals surface area contributed by atoms with Crippen LogP contribution in [0.5, 0.6) is 0 Å². The molecule has 0 spiro atoms. The summed E-state index contributed by atoms with van der Waals surface area (Å²) in [7, 11) is 0. The lowest BCUT2D eigenvalue weighted by Crippen LogP contribution is -2.39. The van der Waals surface area contributed by atoms with Gasteiger partial charge in [-0.25, -0.2) is 0 Å². The van der Waals surface area contributed by atoms with Crippen molar-refractivity contribution in [2.24, 2.45) is 23.7 Å². The highest BCUT2D eigenvalue weighted by Gasteiger charge is 2.32. The number of allylic oxidation sites excluding steroid dienone is 1. The molecule has 0 aromatic heterocycles. The molecule has 3 aliphatic rings. The minimum atomic E-state index is -0.0537.